The molecule has 0 saturated heterocycles. The molecule has 0 heterocycles. The van der Waals surface area contributed by atoms with Crippen LogP contribution in [0.25, 0.3) is 0 Å². The van der Waals surface area contributed by atoms with E-state index in [4.69, 9.17) is 0 Å². The quantitative estimate of drug-likeness (QED) is 0.515. The molecule has 0 saturated carbocycles. The highest BCUT2D eigenvalue weighted by Crippen LogP contribution is 2.45. The number of ketones is 1. The van der Waals surface area contributed by atoms with Crippen LogP contribution < -0.4 is 0 Å². The van der Waals surface area contributed by atoms with E-state index in [0.717, 1.165) is 18.4 Å². The van der Waals surface area contributed by atoms with Crippen LogP contribution in [-0.4, -0.2) is 5.78 Å². The first kappa shape index (κ1) is 13.0. The molecule has 0 aromatic carbocycles. The Hall–Kier alpha value is -1.11. The molecule has 2 unspecified atom stereocenters. The fourth-order valence-electron chi connectivity index (χ4n) is 2.73. The third kappa shape index (κ3) is 2.04. The van der Waals surface area contributed by atoms with Crippen LogP contribution in [0.4, 0.5) is 0 Å². The zero-order chi connectivity index (χ0) is 12.3. The average molecular weight is 218 g/mol. The second-order valence-corrected chi connectivity index (χ2v) is 4.92. The smallest absolute Gasteiger partial charge is 0.166 e. The fraction of sp³-hybridized carbons (Fsp3) is 0.533. The molecule has 1 rings (SSSR count). The molecule has 0 aromatic rings. The number of carbonyl (C=O) groups excluding carboxylic acids is 1. The molecular formula is C15H22O. The molecule has 2 atom stereocenters. The van der Waals surface area contributed by atoms with Crippen LogP contribution in [0.3, 0.4) is 0 Å². The first-order valence-electron chi connectivity index (χ1n) is 5.95. The average Bonchev–Trinajstić information content (AvgIpc) is 2.17. The highest BCUT2D eigenvalue weighted by molar-refractivity contribution is 5.97. The normalized spacial score (nSPS) is 30.2. The van der Waals surface area contributed by atoms with Gasteiger partial charge in [0, 0.05) is 0 Å². The van der Waals surface area contributed by atoms with Crippen molar-refractivity contribution in [2.75, 3.05) is 0 Å². The molecule has 0 radical (unpaired) electrons. The molecule has 88 valence electrons. The maximum absolute atomic E-state index is 12.3. The van der Waals surface area contributed by atoms with Gasteiger partial charge in [-0.2, -0.15) is 0 Å². The summed E-state index contributed by atoms with van der Waals surface area (Å²) in [5.74, 6) is 0.459. The molecule has 1 heteroatoms. The number of hydrogen-bond acceptors (Lipinski definition) is 1. The number of hydrogen-bond donors (Lipinski definition) is 0. The van der Waals surface area contributed by atoms with E-state index in [1.807, 2.05) is 19.9 Å². The lowest BCUT2D eigenvalue weighted by molar-refractivity contribution is -0.124. The molecule has 0 aromatic heterocycles. The van der Waals surface area contributed by atoms with Crippen LogP contribution in [0.15, 0.2) is 36.0 Å². The van der Waals surface area contributed by atoms with Crippen LogP contribution in [0.1, 0.15) is 40.5 Å². The van der Waals surface area contributed by atoms with Crippen LogP contribution in [0.5, 0.6) is 0 Å². The monoisotopic (exact) mass is 218 g/mol. The Morgan fingerprint density at radius 1 is 1.62 bits per heavy atom. The van der Waals surface area contributed by atoms with Crippen molar-refractivity contribution in [3.63, 3.8) is 0 Å². The Morgan fingerprint density at radius 2 is 2.25 bits per heavy atom. The van der Waals surface area contributed by atoms with Gasteiger partial charge in [-0.15, -0.1) is 0 Å². The summed E-state index contributed by atoms with van der Waals surface area (Å²) < 4.78 is 0. The van der Waals surface area contributed by atoms with Crippen molar-refractivity contribution in [2.24, 2.45) is 11.3 Å². The van der Waals surface area contributed by atoms with E-state index in [9.17, 15) is 4.79 Å². The zero-order valence-corrected chi connectivity index (χ0v) is 10.8. The van der Waals surface area contributed by atoms with E-state index in [2.05, 4.69) is 26.5 Å². The Morgan fingerprint density at radius 3 is 2.69 bits per heavy atom. The van der Waals surface area contributed by atoms with Gasteiger partial charge in [-0.25, -0.2) is 0 Å². The largest absolute Gasteiger partial charge is 0.294 e. The van der Waals surface area contributed by atoms with Gasteiger partial charge in [0.05, 0.1) is 5.41 Å². The molecule has 0 bridgehead atoms. The van der Waals surface area contributed by atoms with Gasteiger partial charge in [-0.1, -0.05) is 36.8 Å². The van der Waals surface area contributed by atoms with Gasteiger partial charge in [0.1, 0.15) is 0 Å². The van der Waals surface area contributed by atoms with Crippen molar-refractivity contribution >= 4 is 5.78 Å². The molecule has 0 aliphatic heterocycles. The highest BCUT2D eigenvalue weighted by Gasteiger charge is 2.43. The summed E-state index contributed by atoms with van der Waals surface area (Å²) >= 11 is 0. The molecule has 0 N–H and O–H groups in total. The maximum atomic E-state index is 12.3. The SMILES string of the molecule is C=C(C)C1(C(=O)/C=C/C)CCC(C)=CC1C. The van der Waals surface area contributed by atoms with Crippen LogP contribution in [0.2, 0.25) is 0 Å². The van der Waals surface area contributed by atoms with Crippen LogP contribution in [-0.2, 0) is 4.79 Å². The molecule has 1 aliphatic rings. The fourth-order valence-corrected chi connectivity index (χ4v) is 2.73. The minimum atomic E-state index is -0.369. The number of rotatable bonds is 3. The lowest BCUT2D eigenvalue weighted by Crippen LogP contribution is -2.38. The summed E-state index contributed by atoms with van der Waals surface area (Å²) in [4.78, 5) is 12.3. The van der Waals surface area contributed by atoms with E-state index < -0.39 is 0 Å². The van der Waals surface area contributed by atoms with E-state index in [1.165, 1.54) is 5.57 Å². The van der Waals surface area contributed by atoms with Crippen molar-refractivity contribution in [1.29, 1.82) is 0 Å². The minimum Gasteiger partial charge on any atom is -0.294 e. The van der Waals surface area contributed by atoms with Crippen molar-refractivity contribution in [3.8, 4) is 0 Å². The second kappa shape index (κ2) is 4.82. The Labute approximate surface area is 98.9 Å². The van der Waals surface area contributed by atoms with Gasteiger partial charge in [0.15, 0.2) is 5.78 Å². The van der Waals surface area contributed by atoms with E-state index in [-0.39, 0.29) is 17.1 Å². The van der Waals surface area contributed by atoms with Gasteiger partial charge in [-0.05, 0) is 45.6 Å². The number of allylic oxidation sites excluding steroid dienone is 5. The highest BCUT2D eigenvalue weighted by atomic mass is 16.1. The third-order valence-corrected chi connectivity index (χ3v) is 3.74. The first-order chi connectivity index (χ1) is 7.45. The predicted octanol–water partition coefficient (Wildman–Crippen LogP) is 4.07. The molecule has 0 spiro atoms. The standard InChI is InChI=1S/C15H22O/c1-6-7-14(16)15(11(2)3)9-8-12(4)10-13(15)5/h6-7,10,13H,2,8-9H2,1,3-5H3/b7-6+. The van der Waals surface area contributed by atoms with Gasteiger partial charge in [0.25, 0.3) is 0 Å². The van der Waals surface area contributed by atoms with Gasteiger partial charge < -0.3 is 0 Å². The molecule has 1 nitrogen and oxygen atoms in total. The second-order valence-electron chi connectivity index (χ2n) is 4.92. The Bertz CT molecular complexity index is 360. The summed E-state index contributed by atoms with van der Waals surface area (Å²) in [5.41, 5.74) is 2.01. The molecule has 0 amide bonds. The molecular weight excluding hydrogens is 196 g/mol. The van der Waals surface area contributed by atoms with Gasteiger partial charge >= 0.3 is 0 Å². The van der Waals surface area contributed by atoms with Crippen molar-refractivity contribution in [2.45, 2.75) is 40.5 Å². The molecule has 0 fully saturated rings. The van der Waals surface area contributed by atoms with Crippen LogP contribution >= 0.6 is 0 Å². The van der Waals surface area contributed by atoms with Gasteiger partial charge in [0.2, 0.25) is 0 Å². The summed E-state index contributed by atoms with van der Waals surface area (Å²) in [6.07, 6.45) is 7.64. The van der Waals surface area contributed by atoms with Crippen LogP contribution in [0, 0.1) is 11.3 Å². The van der Waals surface area contributed by atoms with Crippen molar-refractivity contribution in [1.82, 2.24) is 0 Å². The minimum absolute atomic E-state index is 0.207. The topological polar surface area (TPSA) is 17.1 Å². The lowest BCUT2D eigenvalue weighted by Gasteiger charge is -2.40. The third-order valence-electron chi connectivity index (χ3n) is 3.74. The van der Waals surface area contributed by atoms with Crippen molar-refractivity contribution < 1.29 is 4.79 Å². The predicted molar refractivity (Wildman–Crippen MR) is 69.2 cm³/mol. The van der Waals surface area contributed by atoms with Gasteiger partial charge in [-0.3, -0.25) is 4.79 Å². The summed E-state index contributed by atoms with van der Waals surface area (Å²) in [6.45, 7) is 12.2. The molecule has 16 heavy (non-hydrogen) atoms. The first-order valence-corrected chi connectivity index (χ1v) is 5.95. The summed E-state index contributed by atoms with van der Waals surface area (Å²) in [6, 6.07) is 0. The Balaban J connectivity index is 3.18. The molecule has 1 aliphatic carbocycles. The lowest BCUT2D eigenvalue weighted by atomic mass is 9.62. The van der Waals surface area contributed by atoms with E-state index in [1.54, 1.807) is 6.08 Å². The summed E-state index contributed by atoms with van der Waals surface area (Å²) in [7, 11) is 0. The van der Waals surface area contributed by atoms with Crippen molar-refractivity contribution in [3.05, 3.63) is 36.0 Å². The number of carbonyl (C=O) groups is 1. The Kier molecular flexibility index (Phi) is 3.90. The maximum Gasteiger partial charge on any atom is 0.166 e. The zero-order valence-electron chi connectivity index (χ0n) is 10.8. The summed E-state index contributed by atoms with van der Waals surface area (Å²) in [5, 5.41) is 0. The van der Waals surface area contributed by atoms with E-state index in [0.29, 0.717) is 0 Å². The van der Waals surface area contributed by atoms with E-state index >= 15 is 0 Å².